The first-order valence-electron chi connectivity index (χ1n) is 3.47. The van der Waals surface area contributed by atoms with Gasteiger partial charge in [-0.05, 0) is 34.7 Å². The second-order valence-corrected chi connectivity index (χ2v) is 3.48. The second kappa shape index (κ2) is 3.22. The van der Waals surface area contributed by atoms with E-state index < -0.39 is 0 Å². The number of hydrogen-bond donors (Lipinski definition) is 1. The standard InChI is InChI=1S/C8H6IN3/c9-7-5-11-8(12-7)6-2-1-3-10-4-6/h1-5H,(H,11,12). The minimum atomic E-state index is 0.868. The number of pyridine rings is 1. The van der Waals surface area contributed by atoms with Crippen LogP contribution < -0.4 is 0 Å². The number of H-pyrrole nitrogens is 1. The van der Waals surface area contributed by atoms with Crippen LogP contribution in [0.4, 0.5) is 0 Å². The van der Waals surface area contributed by atoms with Crippen LogP contribution in [0.5, 0.6) is 0 Å². The van der Waals surface area contributed by atoms with E-state index in [0.29, 0.717) is 0 Å². The van der Waals surface area contributed by atoms with E-state index in [1.54, 1.807) is 18.6 Å². The topological polar surface area (TPSA) is 41.6 Å². The summed E-state index contributed by atoms with van der Waals surface area (Å²) in [5.74, 6) is 0.868. The van der Waals surface area contributed by atoms with Gasteiger partial charge in [-0.15, -0.1) is 0 Å². The molecular weight excluding hydrogens is 265 g/mol. The molecule has 4 heteroatoms. The fourth-order valence-electron chi connectivity index (χ4n) is 0.948. The smallest absolute Gasteiger partial charge is 0.139 e. The Bertz CT molecular complexity index is 369. The Hall–Kier alpha value is -0.910. The van der Waals surface area contributed by atoms with Crippen LogP contribution in [0.1, 0.15) is 0 Å². The van der Waals surface area contributed by atoms with E-state index in [9.17, 15) is 0 Å². The average molecular weight is 271 g/mol. The van der Waals surface area contributed by atoms with Crippen molar-refractivity contribution in [3.63, 3.8) is 0 Å². The fourth-order valence-corrected chi connectivity index (χ4v) is 1.34. The molecule has 3 nitrogen and oxygen atoms in total. The van der Waals surface area contributed by atoms with Crippen molar-refractivity contribution in [3.8, 4) is 11.4 Å². The van der Waals surface area contributed by atoms with Crippen molar-refractivity contribution in [2.75, 3.05) is 0 Å². The Labute approximate surface area is 83.4 Å². The van der Waals surface area contributed by atoms with Gasteiger partial charge in [0.25, 0.3) is 0 Å². The Kier molecular flexibility index (Phi) is 2.07. The van der Waals surface area contributed by atoms with Crippen LogP contribution in [0.15, 0.2) is 30.7 Å². The van der Waals surface area contributed by atoms with E-state index in [0.717, 1.165) is 15.1 Å². The summed E-state index contributed by atoms with van der Waals surface area (Å²) in [6, 6.07) is 3.87. The number of aromatic amines is 1. The first kappa shape index (κ1) is 7.72. The lowest BCUT2D eigenvalue weighted by Gasteiger charge is -1.92. The molecule has 2 aromatic heterocycles. The summed E-state index contributed by atoms with van der Waals surface area (Å²) in [4.78, 5) is 11.3. The van der Waals surface area contributed by atoms with Crippen molar-refractivity contribution < 1.29 is 0 Å². The molecular formula is C8H6IN3. The molecule has 0 aromatic carbocycles. The van der Waals surface area contributed by atoms with Gasteiger partial charge in [0.1, 0.15) is 5.82 Å². The third-order valence-corrected chi connectivity index (χ3v) is 2.03. The van der Waals surface area contributed by atoms with Gasteiger partial charge in [-0.2, -0.15) is 0 Å². The van der Waals surface area contributed by atoms with Crippen molar-refractivity contribution >= 4 is 22.6 Å². The van der Waals surface area contributed by atoms with Gasteiger partial charge >= 0.3 is 0 Å². The lowest BCUT2D eigenvalue weighted by atomic mass is 10.3. The van der Waals surface area contributed by atoms with Crippen molar-refractivity contribution in [1.29, 1.82) is 0 Å². The van der Waals surface area contributed by atoms with Crippen molar-refractivity contribution in [3.05, 3.63) is 34.4 Å². The zero-order valence-corrected chi connectivity index (χ0v) is 8.32. The van der Waals surface area contributed by atoms with Gasteiger partial charge in [-0.25, -0.2) is 4.98 Å². The monoisotopic (exact) mass is 271 g/mol. The molecule has 0 aliphatic heterocycles. The number of nitrogens with one attached hydrogen (secondary N) is 1. The molecule has 1 N–H and O–H groups in total. The van der Waals surface area contributed by atoms with Crippen LogP contribution >= 0.6 is 22.6 Å². The zero-order valence-electron chi connectivity index (χ0n) is 6.16. The molecule has 0 saturated carbocycles. The molecule has 12 heavy (non-hydrogen) atoms. The number of rotatable bonds is 1. The highest BCUT2D eigenvalue weighted by Crippen LogP contribution is 2.13. The van der Waals surface area contributed by atoms with Gasteiger partial charge < -0.3 is 4.98 Å². The van der Waals surface area contributed by atoms with E-state index in [1.807, 2.05) is 12.1 Å². The van der Waals surface area contributed by atoms with Crippen molar-refractivity contribution in [2.45, 2.75) is 0 Å². The SMILES string of the molecule is Ic1cnc(-c2cccnc2)[nH]1. The number of imidazole rings is 1. The molecule has 0 bridgehead atoms. The predicted octanol–water partition coefficient (Wildman–Crippen LogP) is 2.08. The molecule has 0 saturated heterocycles. The van der Waals surface area contributed by atoms with E-state index in [2.05, 4.69) is 37.5 Å². The zero-order chi connectivity index (χ0) is 8.39. The minimum absolute atomic E-state index is 0.868. The van der Waals surface area contributed by atoms with Crippen LogP contribution in [-0.4, -0.2) is 15.0 Å². The molecule has 0 unspecified atom stereocenters. The summed E-state index contributed by atoms with van der Waals surface area (Å²) in [7, 11) is 0. The van der Waals surface area contributed by atoms with E-state index >= 15 is 0 Å². The lowest BCUT2D eigenvalue weighted by Crippen LogP contribution is -1.80. The predicted molar refractivity (Wildman–Crippen MR) is 54.5 cm³/mol. The lowest BCUT2D eigenvalue weighted by molar-refractivity contribution is 1.25. The number of aromatic nitrogens is 3. The summed E-state index contributed by atoms with van der Waals surface area (Å²) in [5, 5.41) is 0. The third-order valence-electron chi connectivity index (χ3n) is 1.48. The molecule has 0 aliphatic rings. The summed E-state index contributed by atoms with van der Waals surface area (Å²) in [5.41, 5.74) is 1.01. The van der Waals surface area contributed by atoms with E-state index in [-0.39, 0.29) is 0 Å². The quantitative estimate of drug-likeness (QED) is 0.807. The highest BCUT2D eigenvalue weighted by Gasteiger charge is 1.99. The Morgan fingerprint density at radius 3 is 2.83 bits per heavy atom. The Morgan fingerprint density at radius 1 is 1.33 bits per heavy atom. The average Bonchev–Trinajstić information content (AvgIpc) is 2.54. The molecule has 2 rings (SSSR count). The summed E-state index contributed by atoms with van der Waals surface area (Å²) >= 11 is 2.19. The fraction of sp³-hybridized carbons (Fsp3) is 0. The van der Waals surface area contributed by atoms with Gasteiger partial charge in [-0.1, -0.05) is 0 Å². The van der Waals surface area contributed by atoms with Crippen molar-refractivity contribution in [2.24, 2.45) is 0 Å². The van der Waals surface area contributed by atoms with Crippen LogP contribution in [0.3, 0.4) is 0 Å². The van der Waals surface area contributed by atoms with Gasteiger partial charge in [0.05, 0.1) is 9.90 Å². The molecule has 2 aromatic rings. The van der Waals surface area contributed by atoms with Crippen LogP contribution in [0, 0.1) is 3.70 Å². The van der Waals surface area contributed by atoms with Gasteiger partial charge in [0.15, 0.2) is 0 Å². The third kappa shape index (κ3) is 1.47. The van der Waals surface area contributed by atoms with Crippen LogP contribution in [0.2, 0.25) is 0 Å². The van der Waals surface area contributed by atoms with E-state index in [4.69, 9.17) is 0 Å². The summed E-state index contributed by atoms with van der Waals surface area (Å²) < 4.78 is 1.03. The van der Waals surface area contributed by atoms with E-state index in [1.165, 1.54) is 0 Å². The number of nitrogens with zero attached hydrogens (tertiary/aromatic N) is 2. The highest BCUT2D eigenvalue weighted by atomic mass is 127. The highest BCUT2D eigenvalue weighted by molar-refractivity contribution is 14.1. The summed E-state index contributed by atoms with van der Waals surface area (Å²) in [6.45, 7) is 0. The largest absolute Gasteiger partial charge is 0.333 e. The van der Waals surface area contributed by atoms with Crippen LogP contribution in [-0.2, 0) is 0 Å². The van der Waals surface area contributed by atoms with Gasteiger partial charge in [0.2, 0.25) is 0 Å². The Balaban J connectivity index is 2.45. The van der Waals surface area contributed by atoms with Crippen molar-refractivity contribution in [1.82, 2.24) is 15.0 Å². The maximum absolute atomic E-state index is 4.18. The second-order valence-electron chi connectivity index (χ2n) is 2.32. The molecule has 60 valence electrons. The van der Waals surface area contributed by atoms with Crippen LogP contribution in [0.25, 0.3) is 11.4 Å². The molecule has 0 radical (unpaired) electrons. The normalized spacial score (nSPS) is 10.1. The minimum Gasteiger partial charge on any atom is -0.333 e. The molecule has 2 heterocycles. The molecule has 0 atom stereocenters. The first-order valence-corrected chi connectivity index (χ1v) is 4.55. The first-order chi connectivity index (χ1) is 5.86. The molecule has 0 amide bonds. The molecule has 0 fully saturated rings. The van der Waals surface area contributed by atoms with Gasteiger partial charge in [0, 0.05) is 18.0 Å². The Morgan fingerprint density at radius 2 is 2.25 bits per heavy atom. The number of hydrogen-bond acceptors (Lipinski definition) is 2. The summed E-state index contributed by atoms with van der Waals surface area (Å²) in [6.07, 6.45) is 5.33. The van der Waals surface area contributed by atoms with Gasteiger partial charge in [-0.3, -0.25) is 4.98 Å². The number of halogens is 1. The molecule has 0 aliphatic carbocycles. The maximum Gasteiger partial charge on any atom is 0.139 e. The maximum atomic E-state index is 4.18. The molecule has 0 spiro atoms.